The first-order chi connectivity index (χ1) is 20.3. The summed E-state index contributed by atoms with van der Waals surface area (Å²) in [6.45, 7) is -1.25. The molecule has 2 nitrogen and oxygen atoms in total. The molecule has 0 unspecified atom stereocenters. The summed E-state index contributed by atoms with van der Waals surface area (Å²) in [5, 5.41) is 0.975. The number of benzene rings is 3. The van der Waals surface area contributed by atoms with Crippen molar-refractivity contribution in [2.75, 3.05) is 0 Å². The van der Waals surface area contributed by atoms with Crippen LogP contribution in [0.2, 0.25) is 0 Å². The van der Waals surface area contributed by atoms with E-state index in [1.165, 1.54) is 23.9 Å². The fourth-order valence-corrected chi connectivity index (χ4v) is 4.39. The van der Waals surface area contributed by atoms with E-state index in [4.69, 9.17) is 16.8 Å². The van der Waals surface area contributed by atoms with E-state index in [1.54, 1.807) is 6.07 Å². The summed E-state index contributed by atoms with van der Waals surface area (Å²) < 4.78 is 78.2. The average Bonchev–Trinajstić information content (AvgIpc) is 3.34. The van der Waals surface area contributed by atoms with Gasteiger partial charge in [0.15, 0.2) is 0 Å². The Hall–Kier alpha value is -3.65. The van der Waals surface area contributed by atoms with Gasteiger partial charge < -0.3 is 4.42 Å². The van der Waals surface area contributed by atoms with Gasteiger partial charge in [0.05, 0.1) is 5.69 Å². The number of fused-ring (bicyclic) bond motifs is 1. The van der Waals surface area contributed by atoms with Crippen molar-refractivity contribution in [3.05, 3.63) is 101 Å². The zero-order valence-corrected chi connectivity index (χ0v) is 20.1. The van der Waals surface area contributed by atoms with Crippen molar-refractivity contribution in [2.45, 2.75) is 47.7 Å². The number of hydrogen-bond donors (Lipinski definition) is 0. The summed E-state index contributed by atoms with van der Waals surface area (Å²) in [5.41, 5.74) is 3.76. The van der Waals surface area contributed by atoms with Gasteiger partial charge in [-0.2, -0.15) is 0 Å². The Morgan fingerprint density at radius 3 is 2.46 bits per heavy atom. The molecule has 0 atom stereocenters. The largest absolute Gasteiger partial charge is 0.456 e. The van der Waals surface area contributed by atoms with Crippen molar-refractivity contribution in [1.29, 1.82) is 0 Å². The third kappa shape index (κ3) is 4.93. The van der Waals surface area contributed by atoms with Crippen LogP contribution in [0.15, 0.2) is 83.4 Å². The maximum absolute atomic E-state index is 8.12. The normalized spacial score (nSPS) is 16.7. The Balaban J connectivity index is 1.61. The van der Waals surface area contributed by atoms with E-state index >= 15 is 0 Å². The van der Waals surface area contributed by atoms with Crippen molar-refractivity contribution < 1.29 is 16.8 Å². The minimum Gasteiger partial charge on any atom is -0.456 e. The minimum atomic E-state index is -2.69. The van der Waals surface area contributed by atoms with Gasteiger partial charge in [0.25, 0.3) is 0 Å². The Morgan fingerprint density at radius 2 is 1.66 bits per heavy atom. The molecule has 3 aromatic carbocycles. The van der Waals surface area contributed by atoms with Crippen LogP contribution in [-0.4, -0.2) is 4.98 Å². The number of rotatable bonds is 4. The first-order valence-electron chi connectivity index (χ1n) is 16.1. The van der Waals surface area contributed by atoms with Gasteiger partial charge in [0.1, 0.15) is 11.3 Å². The molecule has 0 aliphatic rings. The van der Waals surface area contributed by atoms with Crippen LogP contribution in [0.3, 0.4) is 0 Å². The van der Waals surface area contributed by atoms with Crippen LogP contribution in [0, 0.1) is 26.0 Å². The highest BCUT2D eigenvalue weighted by Gasteiger charge is 2.14. The van der Waals surface area contributed by atoms with Crippen LogP contribution in [0.1, 0.15) is 55.4 Å². The molecule has 0 saturated heterocycles. The van der Waals surface area contributed by atoms with Crippen LogP contribution in [0.25, 0.3) is 44.7 Å². The molecular formula is C33H33NO. The van der Waals surface area contributed by atoms with E-state index in [0.717, 1.165) is 29.0 Å². The molecule has 2 heteroatoms. The lowest BCUT2D eigenvalue weighted by molar-refractivity contribution is 0.411. The Bertz CT molecular complexity index is 1840. The van der Waals surface area contributed by atoms with E-state index in [9.17, 15) is 0 Å². The van der Waals surface area contributed by atoms with Gasteiger partial charge in [-0.05, 0) is 84.5 Å². The van der Waals surface area contributed by atoms with Gasteiger partial charge >= 0.3 is 0 Å². The molecule has 2 aromatic heterocycles. The lowest BCUT2D eigenvalue weighted by Gasteiger charge is -2.17. The molecule has 0 fully saturated rings. The third-order valence-electron chi connectivity index (χ3n) is 5.98. The van der Waals surface area contributed by atoms with Crippen molar-refractivity contribution in [3.8, 4) is 33.7 Å². The van der Waals surface area contributed by atoms with E-state index in [0.29, 0.717) is 17.0 Å². The van der Waals surface area contributed by atoms with E-state index in [2.05, 4.69) is 44.0 Å². The smallest absolute Gasteiger partial charge is 0.135 e. The SMILES string of the molecule is [2H]C([2H])([2H])c1ccc(-c2cc(-c3cccc(-c4cc5ccc(CC(C)(C)C)cc5o4)c3)ncc2C([2H])([2H])[2H])c(C([2H])([2H])[2H])c1. The van der Waals surface area contributed by atoms with Crippen LogP contribution in [0.4, 0.5) is 0 Å². The predicted octanol–water partition coefficient (Wildman–Crippen LogP) is 9.34. The van der Waals surface area contributed by atoms with E-state index in [1.807, 2.05) is 30.3 Å². The van der Waals surface area contributed by atoms with Crippen LogP contribution in [-0.2, 0) is 6.42 Å². The standard InChI is InChI=1S/C33H33NO/c1-21-10-13-28(22(2)14-21)29-18-30(34-20-23(29)3)25-8-7-9-26(16-25)32-17-27-12-11-24(15-31(27)35-32)19-33(4,5)6/h7-18,20H,19H2,1-6H3/i1D3,2D3,3D3. The summed E-state index contributed by atoms with van der Waals surface area (Å²) in [6, 6.07) is 21.0. The highest BCUT2D eigenvalue weighted by molar-refractivity contribution is 5.84. The minimum absolute atomic E-state index is 0.118. The van der Waals surface area contributed by atoms with Crippen LogP contribution < -0.4 is 0 Å². The molecular weight excluding hydrogens is 426 g/mol. The van der Waals surface area contributed by atoms with Crippen molar-refractivity contribution in [1.82, 2.24) is 4.98 Å². The summed E-state index contributed by atoms with van der Waals surface area (Å²) in [7, 11) is 0. The lowest BCUT2D eigenvalue weighted by Crippen LogP contribution is -2.08. The summed E-state index contributed by atoms with van der Waals surface area (Å²) >= 11 is 0. The van der Waals surface area contributed by atoms with Crippen LogP contribution >= 0.6 is 0 Å². The topological polar surface area (TPSA) is 26.0 Å². The quantitative estimate of drug-likeness (QED) is 0.262. The molecule has 0 aliphatic heterocycles. The van der Waals surface area contributed by atoms with Crippen molar-refractivity contribution in [2.24, 2.45) is 5.41 Å². The zero-order chi connectivity index (χ0) is 32.2. The van der Waals surface area contributed by atoms with Gasteiger partial charge in [-0.3, -0.25) is 4.98 Å². The van der Waals surface area contributed by atoms with Crippen molar-refractivity contribution in [3.63, 3.8) is 0 Å². The zero-order valence-electron chi connectivity index (χ0n) is 29.1. The first kappa shape index (κ1) is 14.7. The van der Waals surface area contributed by atoms with Crippen molar-refractivity contribution >= 4 is 11.0 Å². The molecule has 0 saturated carbocycles. The van der Waals surface area contributed by atoms with Gasteiger partial charge in [0.2, 0.25) is 0 Å². The molecule has 2 heterocycles. The molecule has 0 N–H and O–H groups in total. The molecule has 176 valence electrons. The van der Waals surface area contributed by atoms with E-state index < -0.39 is 20.6 Å². The molecule has 5 aromatic rings. The van der Waals surface area contributed by atoms with Crippen LogP contribution in [0.5, 0.6) is 0 Å². The number of aromatic nitrogens is 1. The fraction of sp³-hybridized carbons (Fsp3) is 0.242. The molecule has 0 spiro atoms. The Kier molecular flexibility index (Phi) is 3.71. The monoisotopic (exact) mass is 468 g/mol. The number of nitrogens with zero attached hydrogens (tertiary/aromatic N) is 1. The fourth-order valence-electron chi connectivity index (χ4n) is 4.39. The summed E-state index contributed by atoms with van der Waals surface area (Å²) in [4.78, 5) is 4.45. The second kappa shape index (κ2) is 8.85. The summed E-state index contributed by atoms with van der Waals surface area (Å²) in [6.07, 6.45) is 2.15. The number of aryl methyl sites for hydroxylation is 3. The first-order valence-corrected chi connectivity index (χ1v) is 11.6. The number of pyridine rings is 1. The lowest BCUT2D eigenvalue weighted by atomic mass is 9.88. The maximum Gasteiger partial charge on any atom is 0.135 e. The molecule has 5 rings (SSSR count). The molecule has 0 aliphatic carbocycles. The second-order valence-electron chi connectivity index (χ2n) is 10.2. The Labute approximate surface area is 221 Å². The van der Waals surface area contributed by atoms with Gasteiger partial charge in [-0.25, -0.2) is 0 Å². The Morgan fingerprint density at radius 1 is 0.800 bits per heavy atom. The highest BCUT2D eigenvalue weighted by atomic mass is 16.3. The molecule has 0 amide bonds. The van der Waals surface area contributed by atoms with Gasteiger partial charge in [-0.15, -0.1) is 0 Å². The highest BCUT2D eigenvalue weighted by Crippen LogP contribution is 2.34. The number of hydrogen-bond acceptors (Lipinski definition) is 2. The maximum atomic E-state index is 8.12. The van der Waals surface area contributed by atoms with E-state index in [-0.39, 0.29) is 33.2 Å². The van der Waals surface area contributed by atoms with Gasteiger partial charge in [0, 0.05) is 35.0 Å². The molecule has 0 radical (unpaired) electrons. The number of furan rings is 1. The second-order valence-corrected chi connectivity index (χ2v) is 10.2. The average molecular weight is 469 g/mol. The molecule has 0 bridgehead atoms. The predicted molar refractivity (Wildman–Crippen MR) is 148 cm³/mol. The van der Waals surface area contributed by atoms with Gasteiger partial charge in [-0.1, -0.05) is 74.9 Å². The molecule has 35 heavy (non-hydrogen) atoms. The summed E-state index contributed by atoms with van der Waals surface area (Å²) in [5.74, 6) is 0.666. The third-order valence-corrected chi connectivity index (χ3v) is 5.98.